The predicted octanol–water partition coefficient (Wildman–Crippen LogP) is 10.7. The van der Waals surface area contributed by atoms with Gasteiger partial charge in [0.05, 0.1) is 16.7 Å². The first-order valence-electron chi connectivity index (χ1n) is 12.5. The molecule has 0 aromatic heterocycles. The van der Waals surface area contributed by atoms with E-state index >= 15 is 22.0 Å². The Morgan fingerprint density at radius 1 is 0.634 bits per heavy atom. The topological polar surface area (TPSA) is 0 Å². The molecule has 0 atom stereocenters. The summed E-state index contributed by atoms with van der Waals surface area (Å²) in [5.74, 6) is -6.04. The van der Waals surface area contributed by atoms with Crippen LogP contribution in [-0.2, 0) is 12.6 Å². The van der Waals surface area contributed by atoms with Gasteiger partial charge in [0.15, 0.2) is 0 Å². The van der Waals surface area contributed by atoms with Crippen molar-refractivity contribution in [3.8, 4) is 33.4 Å². The average molecular weight is 569 g/mol. The molecule has 0 heterocycles. The highest BCUT2D eigenvalue weighted by Crippen LogP contribution is 2.41. The molecular weight excluding hydrogens is 548 g/mol. The molecule has 0 spiro atoms. The number of aryl methyl sites for hydroxylation is 1. The number of alkyl halides is 3. The van der Waals surface area contributed by atoms with Gasteiger partial charge in [-0.1, -0.05) is 54.6 Å². The van der Waals surface area contributed by atoms with Crippen LogP contribution in [-0.4, -0.2) is 0 Å². The fourth-order valence-electron chi connectivity index (χ4n) is 4.92. The molecule has 0 aliphatic rings. The third-order valence-electron chi connectivity index (χ3n) is 6.84. The zero-order chi connectivity index (χ0) is 29.5. The standard InChI is InChI=1S/C33H20F8/c1-2-3-6-18-9-11-22-19(13-18)10-12-23(32(22)38)20-14-26(34)30(27(35)15-20)21-16-28(36)31(29(37)17-21)24-7-4-5-8-25(24)33(39,40)41/h2,4-5,7-17H,1,3,6H2. The van der Waals surface area contributed by atoms with Gasteiger partial charge in [0.1, 0.15) is 29.1 Å². The van der Waals surface area contributed by atoms with E-state index in [0.717, 1.165) is 42.7 Å². The van der Waals surface area contributed by atoms with Gasteiger partial charge in [-0.15, -0.1) is 6.58 Å². The molecule has 0 unspecified atom stereocenters. The zero-order valence-corrected chi connectivity index (χ0v) is 21.2. The van der Waals surface area contributed by atoms with Crippen LogP contribution in [0.2, 0.25) is 0 Å². The molecule has 41 heavy (non-hydrogen) atoms. The minimum atomic E-state index is -4.89. The molecule has 0 saturated carbocycles. The molecule has 0 saturated heterocycles. The molecule has 0 bridgehead atoms. The number of hydrogen-bond acceptors (Lipinski definition) is 0. The molecule has 5 rings (SSSR count). The van der Waals surface area contributed by atoms with Gasteiger partial charge in [-0.25, -0.2) is 22.0 Å². The maximum absolute atomic E-state index is 15.4. The zero-order valence-electron chi connectivity index (χ0n) is 21.2. The molecule has 0 amide bonds. The van der Waals surface area contributed by atoms with E-state index in [2.05, 4.69) is 6.58 Å². The van der Waals surface area contributed by atoms with Gasteiger partial charge in [-0.3, -0.25) is 0 Å². The highest BCUT2D eigenvalue weighted by Gasteiger charge is 2.35. The summed E-state index contributed by atoms with van der Waals surface area (Å²) in [6, 6.07) is 14.8. The van der Waals surface area contributed by atoms with Crippen LogP contribution in [0.15, 0.2) is 91.5 Å². The maximum Gasteiger partial charge on any atom is 0.417 e. The summed E-state index contributed by atoms with van der Waals surface area (Å²) in [4.78, 5) is 0. The van der Waals surface area contributed by atoms with Gasteiger partial charge in [0, 0.05) is 10.9 Å². The maximum atomic E-state index is 15.4. The van der Waals surface area contributed by atoms with Crippen molar-refractivity contribution in [2.75, 3.05) is 0 Å². The van der Waals surface area contributed by atoms with Crippen molar-refractivity contribution in [3.05, 3.63) is 132 Å². The van der Waals surface area contributed by atoms with Gasteiger partial charge in [-0.05, 0) is 70.8 Å². The van der Waals surface area contributed by atoms with Crippen molar-refractivity contribution >= 4 is 10.8 Å². The second-order valence-electron chi connectivity index (χ2n) is 9.48. The summed E-state index contributed by atoms with van der Waals surface area (Å²) in [5.41, 5.74) is -3.64. The van der Waals surface area contributed by atoms with E-state index in [-0.39, 0.29) is 16.5 Å². The summed E-state index contributed by atoms with van der Waals surface area (Å²) in [6.07, 6.45) is -1.66. The van der Waals surface area contributed by atoms with Crippen LogP contribution in [0.3, 0.4) is 0 Å². The summed E-state index contributed by atoms with van der Waals surface area (Å²) < 4.78 is 116. The highest BCUT2D eigenvalue weighted by atomic mass is 19.4. The van der Waals surface area contributed by atoms with Crippen molar-refractivity contribution < 1.29 is 35.1 Å². The van der Waals surface area contributed by atoms with Crippen molar-refractivity contribution in [2.45, 2.75) is 19.0 Å². The van der Waals surface area contributed by atoms with Crippen molar-refractivity contribution in [1.29, 1.82) is 0 Å². The van der Waals surface area contributed by atoms with Crippen molar-refractivity contribution in [3.63, 3.8) is 0 Å². The molecule has 208 valence electrons. The van der Waals surface area contributed by atoms with Crippen LogP contribution >= 0.6 is 0 Å². The normalized spacial score (nSPS) is 11.7. The van der Waals surface area contributed by atoms with Crippen LogP contribution < -0.4 is 0 Å². The molecule has 8 heteroatoms. The SMILES string of the molecule is C=CCCc1ccc2c(F)c(-c3cc(F)c(-c4cc(F)c(-c5ccccc5C(F)(F)F)c(F)c4)c(F)c3)ccc2c1. The first-order valence-corrected chi connectivity index (χ1v) is 12.5. The van der Waals surface area contributed by atoms with Crippen LogP contribution in [0.25, 0.3) is 44.2 Å². The molecule has 5 aromatic rings. The second kappa shape index (κ2) is 10.8. The van der Waals surface area contributed by atoms with E-state index < -0.39 is 63.1 Å². The molecule has 5 aromatic carbocycles. The fraction of sp³-hybridized carbons (Fsp3) is 0.0909. The average Bonchev–Trinajstić information content (AvgIpc) is 2.91. The van der Waals surface area contributed by atoms with E-state index in [4.69, 9.17) is 0 Å². The van der Waals surface area contributed by atoms with E-state index in [9.17, 15) is 13.2 Å². The van der Waals surface area contributed by atoms with Crippen LogP contribution in [0.4, 0.5) is 35.1 Å². The number of rotatable bonds is 6. The number of halogens is 8. The molecule has 0 radical (unpaired) electrons. The molecule has 0 aliphatic carbocycles. The van der Waals surface area contributed by atoms with E-state index in [0.29, 0.717) is 23.6 Å². The number of fused-ring (bicyclic) bond motifs is 1. The third kappa shape index (κ3) is 5.34. The second-order valence-corrected chi connectivity index (χ2v) is 9.48. The minimum absolute atomic E-state index is 0.0860. The van der Waals surface area contributed by atoms with Crippen LogP contribution in [0, 0.1) is 29.1 Å². The fourth-order valence-corrected chi connectivity index (χ4v) is 4.92. The Balaban J connectivity index is 1.56. The van der Waals surface area contributed by atoms with Crippen LogP contribution in [0.1, 0.15) is 17.5 Å². The summed E-state index contributed by atoms with van der Waals surface area (Å²) in [7, 11) is 0. The highest BCUT2D eigenvalue weighted by molar-refractivity contribution is 5.89. The van der Waals surface area contributed by atoms with Gasteiger partial charge < -0.3 is 0 Å². The van der Waals surface area contributed by atoms with Gasteiger partial charge in [0.25, 0.3) is 0 Å². The number of allylic oxidation sites excluding steroid dienone is 1. The van der Waals surface area contributed by atoms with Crippen LogP contribution in [0.5, 0.6) is 0 Å². The first kappa shape index (κ1) is 28.1. The van der Waals surface area contributed by atoms with Crippen molar-refractivity contribution in [1.82, 2.24) is 0 Å². The summed E-state index contributed by atoms with van der Waals surface area (Å²) in [5, 5.41) is 0.845. The molecule has 0 N–H and O–H groups in total. The molecular formula is C33H20F8. The number of benzene rings is 5. The van der Waals surface area contributed by atoms with E-state index in [1.807, 2.05) is 6.07 Å². The Hall–Kier alpha value is -4.46. The molecule has 0 aliphatic heterocycles. The Kier molecular flexibility index (Phi) is 7.43. The van der Waals surface area contributed by atoms with Crippen molar-refractivity contribution in [2.24, 2.45) is 0 Å². The van der Waals surface area contributed by atoms with Gasteiger partial charge in [-0.2, -0.15) is 13.2 Å². The van der Waals surface area contributed by atoms with Gasteiger partial charge in [0.2, 0.25) is 0 Å². The molecule has 0 nitrogen and oxygen atoms in total. The lowest BCUT2D eigenvalue weighted by atomic mass is 9.93. The lowest BCUT2D eigenvalue weighted by Crippen LogP contribution is -2.08. The summed E-state index contributed by atoms with van der Waals surface area (Å²) in [6.45, 7) is 3.68. The Morgan fingerprint density at radius 2 is 1.24 bits per heavy atom. The smallest absolute Gasteiger partial charge is 0.206 e. The Bertz CT molecular complexity index is 1750. The monoisotopic (exact) mass is 568 g/mol. The number of hydrogen-bond donors (Lipinski definition) is 0. The first-order chi connectivity index (χ1) is 19.5. The minimum Gasteiger partial charge on any atom is -0.206 e. The third-order valence-corrected chi connectivity index (χ3v) is 6.84. The Morgan fingerprint density at radius 3 is 1.88 bits per heavy atom. The molecule has 0 fully saturated rings. The summed E-state index contributed by atoms with van der Waals surface area (Å²) >= 11 is 0. The van der Waals surface area contributed by atoms with E-state index in [1.54, 1.807) is 24.3 Å². The Labute approximate surface area is 230 Å². The van der Waals surface area contributed by atoms with E-state index in [1.165, 1.54) is 12.1 Å². The quantitative estimate of drug-likeness (QED) is 0.141. The lowest BCUT2D eigenvalue weighted by Gasteiger charge is -2.16. The largest absolute Gasteiger partial charge is 0.417 e. The van der Waals surface area contributed by atoms with Gasteiger partial charge >= 0.3 is 6.18 Å². The predicted molar refractivity (Wildman–Crippen MR) is 144 cm³/mol. The lowest BCUT2D eigenvalue weighted by molar-refractivity contribution is -0.137.